The van der Waals surface area contributed by atoms with Gasteiger partial charge in [0.2, 0.25) is 11.8 Å². The molecule has 0 radical (unpaired) electrons. The predicted molar refractivity (Wildman–Crippen MR) is 93.0 cm³/mol. The van der Waals surface area contributed by atoms with Crippen LogP contribution in [0.3, 0.4) is 0 Å². The van der Waals surface area contributed by atoms with Crippen molar-refractivity contribution in [2.75, 3.05) is 13.7 Å². The van der Waals surface area contributed by atoms with Gasteiger partial charge in [-0.1, -0.05) is 30.1 Å². The van der Waals surface area contributed by atoms with Crippen LogP contribution in [-0.2, 0) is 17.8 Å². The summed E-state index contributed by atoms with van der Waals surface area (Å²) in [6.07, 6.45) is 5.27. The number of aromatic nitrogens is 2. The lowest BCUT2D eigenvalue weighted by Gasteiger charge is -2.25. The molecule has 2 heterocycles. The van der Waals surface area contributed by atoms with Crippen LogP contribution in [0.25, 0.3) is 0 Å². The van der Waals surface area contributed by atoms with Crippen molar-refractivity contribution in [1.29, 1.82) is 0 Å². The second-order valence-electron chi connectivity index (χ2n) is 6.91. The van der Waals surface area contributed by atoms with Crippen molar-refractivity contribution in [3.63, 3.8) is 0 Å². The second kappa shape index (κ2) is 7.35. The maximum Gasteiger partial charge on any atom is 0.229 e. The highest BCUT2D eigenvalue weighted by molar-refractivity contribution is 5.79. The molecule has 1 fully saturated rings. The smallest absolute Gasteiger partial charge is 0.229 e. The Morgan fingerprint density at radius 2 is 2.19 bits per heavy atom. The summed E-state index contributed by atoms with van der Waals surface area (Å²) in [5.41, 5.74) is 0.985. The highest BCUT2D eigenvalue weighted by Gasteiger charge is 2.28. The average Bonchev–Trinajstić information content (AvgIpc) is 3.36. The fraction of sp³-hybridized carbons (Fsp3) is 0.526. The van der Waals surface area contributed by atoms with Crippen molar-refractivity contribution in [3.05, 3.63) is 35.5 Å². The topological polar surface area (TPSA) is 86.5 Å². The number of para-hydroxylation sites is 1. The Bertz CT molecular complexity index is 783. The quantitative estimate of drug-likeness (QED) is 0.885. The van der Waals surface area contributed by atoms with Crippen LogP contribution < -0.4 is 14.8 Å². The molecule has 0 saturated heterocycles. The van der Waals surface area contributed by atoms with Crippen LogP contribution in [0.5, 0.6) is 11.5 Å². The Morgan fingerprint density at radius 3 is 3.00 bits per heavy atom. The van der Waals surface area contributed by atoms with E-state index in [1.807, 2.05) is 18.2 Å². The van der Waals surface area contributed by atoms with Crippen LogP contribution in [0, 0.1) is 5.92 Å². The van der Waals surface area contributed by atoms with Crippen molar-refractivity contribution < 1.29 is 18.8 Å². The number of amides is 1. The maximum atomic E-state index is 12.5. The zero-order chi connectivity index (χ0) is 17.9. The average molecular weight is 357 g/mol. The SMILES string of the molecule is COc1cccc2c1OCC(C(=O)NCc1noc(C3CCCC3)n1)C2. The van der Waals surface area contributed by atoms with Crippen molar-refractivity contribution in [2.45, 2.75) is 44.6 Å². The monoisotopic (exact) mass is 357 g/mol. The summed E-state index contributed by atoms with van der Waals surface area (Å²) in [6, 6.07) is 5.73. The first-order valence-corrected chi connectivity index (χ1v) is 9.13. The van der Waals surface area contributed by atoms with Gasteiger partial charge in [0.05, 0.1) is 19.6 Å². The highest BCUT2D eigenvalue weighted by Crippen LogP contribution is 2.36. The summed E-state index contributed by atoms with van der Waals surface area (Å²) in [4.78, 5) is 16.9. The number of carbonyl (C=O) groups is 1. The van der Waals surface area contributed by atoms with Gasteiger partial charge >= 0.3 is 0 Å². The molecular weight excluding hydrogens is 334 g/mol. The molecule has 4 rings (SSSR count). The number of rotatable bonds is 5. The Hall–Kier alpha value is -2.57. The largest absolute Gasteiger partial charge is 0.493 e. The van der Waals surface area contributed by atoms with E-state index in [4.69, 9.17) is 14.0 Å². The lowest BCUT2D eigenvalue weighted by molar-refractivity contribution is -0.126. The number of fused-ring (bicyclic) bond motifs is 1. The molecule has 1 aliphatic heterocycles. The number of hydrogen-bond donors (Lipinski definition) is 1. The van der Waals surface area contributed by atoms with Gasteiger partial charge in [-0.3, -0.25) is 4.79 Å². The standard InChI is InChI=1S/C19H23N3O4/c1-24-15-8-4-7-13-9-14(11-25-17(13)15)18(23)20-10-16-21-19(26-22-16)12-5-2-3-6-12/h4,7-8,12,14H,2-3,5-6,9-11H2,1H3,(H,20,23). The molecule has 138 valence electrons. The Balaban J connectivity index is 1.34. The number of nitrogens with one attached hydrogen (secondary N) is 1. The number of carbonyl (C=O) groups excluding carboxylic acids is 1. The molecule has 1 saturated carbocycles. The summed E-state index contributed by atoms with van der Waals surface area (Å²) in [7, 11) is 1.61. The van der Waals surface area contributed by atoms with Gasteiger partial charge < -0.3 is 19.3 Å². The molecule has 1 unspecified atom stereocenters. The molecule has 1 amide bonds. The molecule has 0 spiro atoms. The molecular formula is C19H23N3O4. The Morgan fingerprint density at radius 1 is 1.35 bits per heavy atom. The van der Waals surface area contributed by atoms with E-state index in [0.29, 0.717) is 36.4 Å². The van der Waals surface area contributed by atoms with Gasteiger partial charge in [0, 0.05) is 5.92 Å². The molecule has 1 aliphatic carbocycles. The van der Waals surface area contributed by atoms with E-state index in [9.17, 15) is 4.79 Å². The number of nitrogens with zero attached hydrogens (tertiary/aromatic N) is 2. The van der Waals surface area contributed by atoms with Crippen LogP contribution >= 0.6 is 0 Å². The van der Waals surface area contributed by atoms with E-state index in [1.54, 1.807) is 7.11 Å². The minimum absolute atomic E-state index is 0.0642. The van der Waals surface area contributed by atoms with E-state index >= 15 is 0 Å². The van der Waals surface area contributed by atoms with Crippen LogP contribution in [0.4, 0.5) is 0 Å². The van der Waals surface area contributed by atoms with E-state index in [0.717, 1.165) is 24.2 Å². The number of hydrogen-bond acceptors (Lipinski definition) is 6. The zero-order valence-corrected chi connectivity index (χ0v) is 14.9. The molecule has 7 heteroatoms. The minimum Gasteiger partial charge on any atom is -0.493 e. The molecule has 0 bridgehead atoms. The predicted octanol–water partition coefficient (Wildman–Crippen LogP) is 2.60. The molecule has 2 aromatic rings. The van der Waals surface area contributed by atoms with Gasteiger partial charge in [0.15, 0.2) is 17.3 Å². The van der Waals surface area contributed by atoms with Crippen LogP contribution in [-0.4, -0.2) is 29.8 Å². The Kier molecular flexibility index (Phi) is 4.77. The number of benzene rings is 1. The highest BCUT2D eigenvalue weighted by atomic mass is 16.5. The van der Waals surface area contributed by atoms with E-state index in [-0.39, 0.29) is 18.4 Å². The van der Waals surface area contributed by atoms with E-state index in [2.05, 4.69) is 15.5 Å². The minimum atomic E-state index is -0.240. The molecule has 1 aromatic heterocycles. The van der Waals surface area contributed by atoms with Gasteiger partial charge in [0.1, 0.15) is 6.61 Å². The third-order valence-electron chi connectivity index (χ3n) is 5.16. The van der Waals surface area contributed by atoms with Gasteiger partial charge in [-0.25, -0.2) is 0 Å². The fourth-order valence-electron chi connectivity index (χ4n) is 3.71. The van der Waals surface area contributed by atoms with Crippen molar-refractivity contribution in [3.8, 4) is 11.5 Å². The van der Waals surface area contributed by atoms with Crippen LogP contribution in [0.2, 0.25) is 0 Å². The van der Waals surface area contributed by atoms with Crippen molar-refractivity contribution in [2.24, 2.45) is 5.92 Å². The van der Waals surface area contributed by atoms with Gasteiger partial charge in [0.25, 0.3) is 0 Å². The third-order valence-corrected chi connectivity index (χ3v) is 5.16. The first kappa shape index (κ1) is 16.9. The summed E-state index contributed by atoms with van der Waals surface area (Å²) < 4.78 is 16.4. The van der Waals surface area contributed by atoms with Gasteiger partial charge in [-0.2, -0.15) is 4.98 Å². The maximum absolute atomic E-state index is 12.5. The second-order valence-corrected chi connectivity index (χ2v) is 6.91. The molecule has 1 atom stereocenters. The lowest BCUT2D eigenvalue weighted by Crippen LogP contribution is -2.37. The summed E-state index contributed by atoms with van der Waals surface area (Å²) in [6.45, 7) is 0.606. The summed E-state index contributed by atoms with van der Waals surface area (Å²) >= 11 is 0. The summed E-state index contributed by atoms with van der Waals surface area (Å²) in [5.74, 6) is 2.74. The molecule has 7 nitrogen and oxygen atoms in total. The fourth-order valence-corrected chi connectivity index (χ4v) is 3.71. The molecule has 26 heavy (non-hydrogen) atoms. The van der Waals surface area contributed by atoms with E-state index in [1.165, 1.54) is 12.8 Å². The first-order valence-electron chi connectivity index (χ1n) is 9.13. The summed E-state index contributed by atoms with van der Waals surface area (Å²) in [5, 5.41) is 6.88. The van der Waals surface area contributed by atoms with Crippen LogP contribution in [0.15, 0.2) is 22.7 Å². The molecule has 1 N–H and O–H groups in total. The Labute approximate surface area is 152 Å². The lowest BCUT2D eigenvalue weighted by atomic mass is 9.95. The third kappa shape index (κ3) is 3.38. The van der Waals surface area contributed by atoms with Crippen LogP contribution in [0.1, 0.15) is 48.9 Å². The normalized spacial score (nSPS) is 19.7. The first-order chi connectivity index (χ1) is 12.7. The van der Waals surface area contributed by atoms with Gasteiger partial charge in [-0.05, 0) is 30.9 Å². The number of methoxy groups -OCH3 is 1. The van der Waals surface area contributed by atoms with Crippen molar-refractivity contribution >= 4 is 5.91 Å². The van der Waals surface area contributed by atoms with Gasteiger partial charge in [-0.15, -0.1) is 0 Å². The molecule has 2 aliphatic rings. The zero-order valence-electron chi connectivity index (χ0n) is 14.9. The number of ether oxygens (including phenoxy) is 2. The van der Waals surface area contributed by atoms with E-state index < -0.39 is 0 Å². The molecule has 1 aromatic carbocycles. The van der Waals surface area contributed by atoms with Crippen molar-refractivity contribution in [1.82, 2.24) is 15.5 Å².